The summed E-state index contributed by atoms with van der Waals surface area (Å²) in [4.78, 5) is 12.9. The molecule has 0 saturated heterocycles. The third-order valence-corrected chi connectivity index (χ3v) is 6.66. The van der Waals surface area contributed by atoms with Crippen molar-refractivity contribution in [2.75, 3.05) is 5.32 Å². The van der Waals surface area contributed by atoms with Crippen LogP contribution in [0.4, 0.5) is 5.69 Å². The van der Waals surface area contributed by atoms with Gasteiger partial charge in [0, 0.05) is 16.6 Å². The lowest BCUT2D eigenvalue weighted by Gasteiger charge is -2.19. The molecule has 0 radical (unpaired) electrons. The first kappa shape index (κ1) is 22.2. The molecule has 156 valence electrons. The van der Waals surface area contributed by atoms with Crippen LogP contribution in [0.25, 0.3) is 0 Å². The predicted octanol–water partition coefficient (Wildman–Crippen LogP) is 5.11. The Morgan fingerprint density at radius 3 is 2.27 bits per heavy atom. The van der Waals surface area contributed by atoms with Gasteiger partial charge in [-0.25, -0.2) is 13.1 Å². The molecule has 3 aromatic carbocycles. The minimum atomic E-state index is -3.79. The van der Waals surface area contributed by atoms with E-state index in [9.17, 15) is 13.2 Å². The third-order valence-electron chi connectivity index (χ3n) is 4.68. The lowest BCUT2D eigenvalue weighted by atomic mass is 10.0. The van der Waals surface area contributed by atoms with Gasteiger partial charge in [0.15, 0.2) is 0 Å². The third kappa shape index (κ3) is 5.78. The Morgan fingerprint density at radius 1 is 0.967 bits per heavy atom. The molecule has 0 spiro atoms. The molecular weight excluding hydrogens is 464 g/mol. The Balaban J connectivity index is 1.82. The molecule has 2 N–H and O–H groups in total. The minimum absolute atomic E-state index is 0.0371. The summed E-state index contributed by atoms with van der Waals surface area (Å²) in [5.41, 5.74) is 3.29. The smallest absolute Gasteiger partial charge is 0.241 e. The largest absolute Gasteiger partial charge is 0.326 e. The van der Waals surface area contributed by atoms with Gasteiger partial charge in [-0.1, -0.05) is 64.0 Å². The fourth-order valence-electron chi connectivity index (χ4n) is 3.04. The molecule has 0 aliphatic carbocycles. The highest BCUT2D eigenvalue weighted by molar-refractivity contribution is 9.10. The first-order chi connectivity index (χ1) is 14.2. The van der Waals surface area contributed by atoms with Gasteiger partial charge in [0.05, 0.1) is 10.9 Å². The normalized spacial score (nSPS) is 12.4. The number of carbonyl (C=O) groups is 1. The Morgan fingerprint density at radius 2 is 1.63 bits per heavy atom. The SMILES string of the molecule is Cc1ccc(S(=O)(=O)N[C@@H](CC(=O)Nc2ccc(Br)cc2C)c2ccccc2)cc1. The summed E-state index contributed by atoms with van der Waals surface area (Å²) in [6.07, 6.45) is -0.0371. The monoisotopic (exact) mass is 486 g/mol. The van der Waals surface area contributed by atoms with Crippen LogP contribution in [-0.4, -0.2) is 14.3 Å². The van der Waals surface area contributed by atoms with Crippen molar-refractivity contribution in [3.8, 4) is 0 Å². The van der Waals surface area contributed by atoms with Crippen molar-refractivity contribution < 1.29 is 13.2 Å². The van der Waals surface area contributed by atoms with Gasteiger partial charge in [-0.05, 0) is 55.3 Å². The molecule has 5 nitrogen and oxygen atoms in total. The molecule has 3 aromatic rings. The number of nitrogens with one attached hydrogen (secondary N) is 2. The molecule has 3 rings (SSSR count). The van der Waals surface area contributed by atoms with E-state index in [4.69, 9.17) is 0 Å². The second-order valence-corrected chi connectivity index (χ2v) is 9.74. The molecule has 0 fully saturated rings. The average Bonchev–Trinajstić information content (AvgIpc) is 2.70. The number of benzene rings is 3. The number of carbonyl (C=O) groups excluding carboxylic acids is 1. The Hall–Kier alpha value is -2.48. The van der Waals surface area contributed by atoms with Crippen molar-refractivity contribution in [2.24, 2.45) is 0 Å². The van der Waals surface area contributed by atoms with Crippen molar-refractivity contribution in [3.63, 3.8) is 0 Å². The van der Waals surface area contributed by atoms with Gasteiger partial charge in [0.2, 0.25) is 15.9 Å². The number of hydrogen-bond donors (Lipinski definition) is 2. The van der Waals surface area contributed by atoms with Gasteiger partial charge in [-0.3, -0.25) is 4.79 Å². The molecule has 1 amide bonds. The van der Waals surface area contributed by atoms with E-state index in [0.717, 1.165) is 21.2 Å². The lowest BCUT2D eigenvalue weighted by Crippen LogP contribution is -2.31. The zero-order valence-corrected chi connectivity index (χ0v) is 19.1. The topological polar surface area (TPSA) is 75.3 Å². The molecule has 30 heavy (non-hydrogen) atoms. The first-order valence-corrected chi connectivity index (χ1v) is 11.7. The molecule has 7 heteroatoms. The van der Waals surface area contributed by atoms with Crippen molar-refractivity contribution in [3.05, 3.63) is 94.0 Å². The Bertz CT molecular complexity index is 1130. The molecule has 0 bridgehead atoms. The van der Waals surface area contributed by atoms with Crippen LogP contribution in [0.5, 0.6) is 0 Å². The van der Waals surface area contributed by atoms with E-state index in [2.05, 4.69) is 26.0 Å². The van der Waals surface area contributed by atoms with Crippen LogP contribution in [0.2, 0.25) is 0 Å². The summed E-state index contributed by atoms with van der Waals surface area (Å²) < 4.78 is 29.4. The highest BCUT2D eigenvalue weighted by Gasteiger charge is 2.24. The molecule has 0 aliphatic heterocycles. The number of aryl methyl sites for hydroxylation is 2. The van der Waals surface area contributed by atoms with E-state index in [1.807, 2.05) is 50.2 Å². The molecule has 0 aliphatic rings. The zero-order valence-electron chi connectivity index (χ0n) is 16.7. The number of amides is 1. The number of anilines is 1. The van der Waals surface area contributed by atoms with Gasteiger partial charge in [0.25, 0.3) is 0 Å². The lowest BCUT2D eigenvalue weighted by molar-refractivity contribution is -0.116. The second-order valence-electron chi connectivity index (χ2n) is 7.11. The van der Waals surface area contributed by atoms with Crippen molar-refractivity contribution in [1.29, 1.82) is 0 Å². The van der Waals surface area contributed by atoms with E-state index >= 15 is 0 Å². The summed E-state index contributed by atoms with van der Waals surface area (Å²) >= 11 is 3.40. The fourth-order valence-corrected chi connectivity index (χ4v) is 4.74. The van der Waals surface area contributed by atoms with Crippen LogP contribution in [0, 0.1) is 13.8 Å². The van der Waals surface area contributed by atoms with Crippen LogP contribution in [0.1, 0.15) is 29.2 Å². The summed E-state index contributed by atoms with van der Waals surface area (Å²) in [6.45, 7) is 3.79. The van der Waals surface area contributed by atoms with Gasteiger partial charge in [0.1, 0.15) is 0 Å². The van der Waals surface area contributed by atoms with E-state index in [1.165, 1.54) is 0 Å². The molecule has 0 aromatic heterocycles. The molecule has 0 saturated carbocycles. The maximum absolute atomic E-state index is 12.9. The van der Waals surface area contributed by atoms with Crippen molar-refractivity contribution in [2.45, 2.75) is 31.2 Å². The van der Waals surface area contributed by atoms with Gasteiger partial charge < -0.3 is 5.32 Å². The highest BCUT2D eigenvalue weighted by atomic mass is 79.9. The molecule has 1 atom stereocenters. The van der Waals surface area contributed by atoms with Crippen LogP contribution >= 0.6 is 15.9 Å². The minimum Gasteiger partial charge on any atom is -0.326 e. The number of rotatable bonds is 7. The number of halogens is 1. The van der Waals surface area contributed by atoms with Crippen LogP contribution in [-0.2, 0) is 14.8 Å². The van der Waals surface area contributed by atoms with E-state index in [-0.39, 0.29) is 17.2 Å². The molecular formula is C23H23BrN2O3S. The second kappa shape index (κ2) is 9.55. The summed E-state index contributed by atoms with van der Waals surface area (Å²) in [5.74, 6) is -0.277. The highest BCUT2D eigenvalue weighted by Crippen LogP contribution is 2.24. The van der Waals surface area contributed by atoms with Crippen molar-refractivity contribution >= 4 is 37.5 Å². The summed E-state index contributed by atoms with van der Waals surface area (Å²) in [7, 11) is -3.79. The van der Waals surface area contributed by atoms with E-state index < -0.39 is 16.1 Å². The molecule has 0 heterocycles. The maximum Gasteiger partial charge on any atom is 0.241 e. The van der Waals surface area contributed by atoms with E-state index in [0.29, 0.717) is 5.69 Å². The van der Waals surface area contributed by atoms with Crippen LogP contribution in [0.3, 0.4) is 0 Å². The summed E-state index contributed by atoms with van der Waals surface area (Å²) in [6, 6.07) is 20.6. The van der Waals surface area contributed by atoms with Gasteiger partial charge in [-0.15, -0.1) is 0 Å². The van der Waals surface area contributed by atoms with Crippen LogP contribution in [0.15, 0.2) is 82.2 Å². The number of sulfonamides is 1. The average molecular weight is 487 g/mol. The quantitative estimate of drug-likeness (QED) is 0.486. The predicted molar refractivity (Wildman–Crippen MR) is 123 cm³/mol. The fraction of sp³-hybridized carbons (Fsp3) is 0.174. The maximum atomic E-state index is 12.9. The van der Waals surface area contributed by atoms with Crippen molar-refractivity contribution in [1.82, 2.24) is 4.72 Å². The van der Waals surface area contributed by atoms with Crippen LogP contribution < -0.4 is 10.0 Å². The molecule has 0 unspecified atom stereocenters. The van der Waals surface area contributed by atoms with Gasteiger partial charge >= 0.3 is 0 Å². The van der Waals surface area contributed by atoms with E-state index in [1.54, 1.807) is 36.4 Å². The number of hydrogen-bond acceptors (Lipinski definition) is 3. The van der Waals surface area contributed by atoms with Gasteiger partial charge in [-0.2, -0.15) is 0 Å². The standard InChI is InChI=1S/C23H23BrN2O3S/c1-16-8-11-20(12-9-16)30(28,29)26-22(18-6-4-3-5-7-18)15-23(27)25-21-13-10-19(24)14-17(21)2/h3-14,22,26H,15H2,1-2H3,(H,25,27)/t22-/m0/s1. The first-order valence-electron chi connectivity index (χ1n) is 9.44. The Kier molecular flexibility index (Phi) is 7.07. The zero-order chi connectivity index (χ0) is 21.7. The Labute approximate surface area is 185 Å². The summed E-state index contributed by atoms with van der Waals surface area (Å²) in [5, 5.41) is 2.88.